The van der Waals surface area contributed by atoms with E-state index in [4.69, 9.17) is 0 Å². The summed E-state index contributed by atoms with van der Waals surface area (Å²) in [6, 6.07) is 8.77. The first-order valence-corrected chi connectivity index (χ1v) is 6.88. The van der Waals surface area contributed by atoms with Gasteiger partial charge in [0.1, 0.15) is 13.1 Å². The molecule has 1 aromatic carbocycles. The molecular formula is C14H14N6O3. The highest BCUT2D eigenvalue weighted by atomic mass is 16.2. The molecule has 0 spiro atoms. The van der Waals surface area contributed by atoms with Gasteiger partial charge in [0.15, 0.2) is 5.82 Å². The number of amides is 4. The largest absolute Gasteiger partial charge is 0.325 e. The number of carbonyl (C=O) groups is 3. The van der Waals surface area contributed by atoms with Crippen LogP contribution in [0.25, 0.3) is 11.4 Å². The Kier molecular flexibility index (Phi) is 3.75. The van der Waals surface area contributed by atoms with Crippen LogP contribution in [0.3, 0.4) is 0 Å². The number of anilines is 1. The van der Waals surface area contributed by atoms with E-state index in [9.17, 15) is 14.4 Å². The zero-order valence-electron chi connectivity index (χ0n) is 12.3. The second kappa shape index (κ2) is 5.87. The molecule has 1 aliphatic heterocycles. The van der Waals surface area contributed by atoms with Crippen LogP contribution in [-0.2, 0) is 16.6 Å². The number of hydrogen-bond donors (Lipinski definition) is 2. The quantitative estimate of drug-likeness (QED) is 0.770. The first-order valence-electron chi connectivity index (χ1n) is 6.88. The number of aromatic nitrogens is 3. The highest BCUT2D eigenvalue weighted by Gasteiger charge is 2.28. The van der Waals surface area contributed by atoms with Crippen LogP contribution in [0.4, 0.5) is 10.7 Å². The molecule has 0 saturated carbocycles. The van der Waals surface area contributed by atoms with Gasteiger partial charge in [-0.25, -0.2) is 9.48 Å². The first kappa shape index (κ1) is 14.7. The molecule has 0 unspecified atom stereocenters. The number of carbonyl (C=O) groups excluding carboxylic acids is 3. The van der Waals surface area contributed by atoms with Crippen molar-refractivity contribution in [3.63, 3.8) is 0 Å². The standard InChI is InChI=1S/C14H14N6O3/c1-19-13(17-12(18-19)9-5-3-2-4-6-9)15-10(21)7-20-8-11(22)16-14(20)23/h2-6H,7-8H2,1H3,(H,16,22,23)(H,15,17,18,21). The molecule has 2 heterocycles. The van der Waals surface area contributed by atoms with Gasteiger partial charge in [-0.3, -0.25) is 20.2 Å². The summed E-state index contributed by atoms with van der Waals surface area (Å²) in [5.41, 5.74) is 0.827. The Morgan fingerprint density at radius 2 is 2.04 bits per heavy atom. The van der Waals surface area contributed by atoms with Gasteiger partial charge in [0.25, 0.3) is 0 Å². The van der Waals surface area contributed by atoms with Gasteiger partial charge in [0.05, 0.1) is 0 Å². The van der Waals surface area contributed by atoms with Gasteiger partial charge in [0, 0.05) is 12.6 Å². The lowest BCUT2D eigenvalue weighted by molar-refractivity contribution is -0.119. The summed E-state index contributed by atoms with van der Waals surface area (Å²) in [7, 11) is 1.65. The van der Waals surface area contributed by atoms with Gasteiger partial charge in [-0.15, -0.1) is 5.10 Å². The fourth-order valence-electron chi connectivity index (χ4n) is 2.15. The number of imide groups is 1. The number of urea groups is 1. The van der Waals surface area contributed by atoms with Gasteiger partial charge in [-0.2, -0.15) is 4.98 Å². The Hall–Kier alpha value is -3.23. The zero-order chi connectivity index (χ0) is 16.4. The Morgan fingerprint density at radius 3 is 2.70 bits per heavy atom. The van der Waals surface area contributed by atoms with Gasteiger partial charge in [-0.05, 0) is 0 Å². The lowest BCUT2D eigenvalue weighted by atomic mass is 10.2. The van der Waals surface area contributed by atoms with E-state index >= 15 is 0 Å². The number of rotatable bonds is 4. The molecule has 23 heavy (non-hydrogen) atoms. The average Bonchev–Trinajstić information content (AvgIpc) is 3.03. The van der Waals surface area contributed by atoms with Crippen LogP contribution in [0.1, 0.15) is 0 Å². The van der Waals surface area contributed by atoms with E-state index in [0.29, 0.717) is 5.82 Å². The molecule has 0 bridgehead atoms. The minimum Gasteiger partial charge on any atom is -0.306 e. The van der Waals surface area contributed by atoms with Crippen molar-refractivity contribution in [1.29, 1.82) is 0 Å². The third kappa shape index (κ3) is 3.18. The second-order valence-electron chi connectivity index (χ2n) is 5.01. The predicted octanol–water partition coefficient (Wildman–Crippen LogP) is -0.0276. The van der Waals surface area contributed by atoms with Gasteiger partial charge < -0.3 is 4.90 Å². The topological polar surface area (TPSA) is 109 Å². The molecule has 9 nitrogen and oxygen atoms in total. The van der Waals surface area contributed by atoms with Gasteiger partial charge in [-0.1, -0.05) is 30.3 Å². The van der Waals surface area contributed by atoms with Crippen molar-refractivity contribution in [3.8, 4) is 11.4 Å². The minimum atomic E-state index is -0.576. The van der Waals surface area contributed by atoms with Gasteiger partial charge in [0.2, 0.25) is 17.8 Å². The fraction of sp³-hybridized carbons (Fsp3) is 0.214. The molecule has 118 valence electrons. The van der Waals surface area contributed by atoms with Crippen molar-refractivity contribution >= 4 is 23.8 Å². The van der Waals surface area contributed by atoms with Crippen LogP contribution < -0.4 is 10.6 Å². The lowest BCUT2D eigenvalue weighted by Gasteiger charge is -2.12. The smallest absolute Gasteiger partial charge is 0.306 e. The minimum absolute atomic E-state index is 0.125. The first-order chi connectivity index (χ1) is 11.0. The number of nitrogens with one attached hydrogen (secondary N) is 2. The van der Waals surface area contributed by atoms with Crippen molar-refractivity contribution < 1.29 is 14.4 Å². The highest BCUT2D eigenvalue weighted by Crippen LogP contribution is 2.16. The summed E-state index contributed by atoms with van der Waals surface area (Å²) in [4.78, 5) is 39.9. The van der Waals surface area contributed by atoms with E-state index in [2.05, 4.69) is 20.7 Å². The summed E-state index contributed by atoms with van der Waals surface area (Å²) in [5, 5.41) is 8.92. The van der Waals surface area contributed by atoms with E-state index in [-0.39, 0.29) is 19.0 Å². The van der Waals surface area contributed by atoms with Crippen LogP contribution in [0.15, 0.2) is 30.3 Å². The molecule has 0 aliphatic carbocycles. The van der Waals surface area contributed by atoms with Crippen LogP contribution in [-0.4, -0.2) is 50.6 Å². The Morgan fingerprint density at radius 1 is 1.30 bits per heavy atom. The maximum Gasteiger partial charge on any atom is 0.325 e. The van der Waals surface area contributed by atoms with Crippen molar-refractivity contribution in [2.24, 2.45) is 7.05 Å². The van der Waals surface area contributed by atoms with E-state index in [1.165, 1.54) is 4.68 Å². The third-order valence-electron chi connectivity index (χ3n) is 3.25. The molecule has 1 aromatic heterocycles. The van der Waals surface area contributed by atoms with E-state index in [1.54, 1.807) is 7.05 Å². The Bertz CT molecular complexity index is 770. The molecule has 2 aromatic rings. The Labute approximate surface area is 131 Å². The summed E-state index contributed by atoms with van der Waals surface area (Å²) in [6.45, 7) is -0.356. The maximum absolute atomic E-state index is 12.0. The number of aryl methyl sites for hydroxylation is 1. The highest BCUT2D eigenvalue weighted by molar-refractivity contribution is 6.04. The summed E-state index contributed by atoms with van der Waals surface area (Å²) >= 11 is 0. The predicted molar refractivity (Wildman–Crippen MR) is 80.2 cm³/mol. The third-order valence-corrected chi connectivity index (χ3v) is 3.25. The van der Waals surface area contributed by atoms with Crippen molar-refractivity contribution in [1.82, 2.24) is 25.0 Å². The number of benzene rings is 1. The molecule has 0 atom stereocenters. The molecule has 9 heteroatoms. The van der Waals surface area contributed by atoms with Crippen molar-refractivity contribution in [2.45, 2.75) is 0 Å². The number of hydrogen-bond acceptors (Lipinski definition) is 5. The second-order valence-corrected chi connectivity index (χ2v) is 5.01. The summed E-state index contributed by atoms with van der Waals surface area (Å²) in [5.74, 6) is -0.130. The van der Waals surface area contributed by atoms with E-state index in [0.717, 1.165) is 10.5 Å². The van der Waals surface area contributed by atoms with Crippen LogP contribution >= 0.6 is 0 Å². The monoisotopic (exact) mass is 314 g/mol. The van der Waals surface area contributed by atoms with Crippen LogP contribution in [0.2, 0.25) is 0 Å². The van der Waals surface area contributed by atoms with E-state index in [1.807, 2.05) is 30.3 Å². The molecule has 2 N–H and O–H groups in total. The number of nitrogens with zero attached hydrogens (tertiary/aromatic N) is 4. The Balaban J connectivity index is 1.68. The SMILES string of the molecule is Cn1nc(-c2ccccc2)nc1NC(=O)CN1CC(=O)NC1=O. The zero-order valence-corrected chi connectivity index (χ0v) is 12.3. The molecule has 3 rings (SSSR count). The normalized spacial score (nSPS) is 14.0. The fourth-order valence-corrected chi connectivity index (χ4v) is 2.15. The van der Waals surface area contributed by atoms with Crippen molar-refractivity contribution in [2.75, 3.05) is 18.4 Å². The molecule has 1 fully saturated rings. The van der Waals surface area contributed by atoms with Crippen LogP contribution in [0.5, 0.6) is 0 Å². The van der Waals surface area contributed by atoms with Gasteiger partial charge >= 0.3 is 6.03 Å². The summed E-state index contributed by atoms with van der Waals surface area (Å²) in [6.07, 6.45) is 0. The maximum atomic E-state index is 12.0. The van der Waals surface area contributed by atoms with Crippen LogP contribution in [0, 0.1) is 0 Å². The summed E-state index contributed by atoms with van der Waals surface area (Å²) < 4.78 is 1.44. The van der Waals surface area contributed by atoms with E-state index < -0.39 is 17.8 Å². The molecule has 0 radical (unpaired) electrons. The van der Waals surface area contributed by atoms with Crippen molar-refractivity contribution in [3.05, 3.63) is 30.3 Å². The molecule has 1 aliphatic rings. The lowest BCUT2D eigenvalue weighted by Crippen LogP contribution is -2.36. The molecule has 4 amide bonds. The molecular weight excluding hydrogens is 300 g/mol. The average molecular weight is 314 g/mol. The molecule has 1 saturated heterocycles.